The van der Waals surface area contributed by atoms with Crippen molar-refractivity contribution in [1.29, 1.82) is 0 Å². The van der Waals surface area contributed by atoms with Crippen LogP contribution in [-0.2, 0) is 24.1 Å². The molecule has 3 aliphatic rings. The van der Waals surface area contributed by atoms with Crippen LogP contribution in [0.3, 0.4) is 0 Å². The molecule has 0 unspecified atom stereocenters. The van der Waals surface area contributed by atoms with Crippen molar-refractivity contribution in [3.63, 3.8) is 0 Å². The molecule has 0 atom stereocenters. The molecule has 0 radical (unpaired) electrons. The monoisotopic (exact) mass is 453 g/mol. The number of piperazine rings is 1. The van der Waals surface area contributed by atoms with Crippen molar-refractivity contribution < 1.29 is 4.79 Å². The molecule has 5 rings (SSSR count). The van der Waals surface area contributed by atoms with Gasteiger partial charge in [-0.15, -0.1) is 0 Å². The van der Waals surface area contributed by atoms with Gasteiger partial charge in [-0.25, -0.2) is 9.47 Å². The van der Waals surface area contributed by atoms with Crippen LogP contribution in [0.5, 0.6) is 0 Å². The highest BCUT2D eigenvalue weighted by molar-refractivity contribution is 8.00. The van der Waals surface area contributed by atoms with Crippen molar-refractivity contribution in [2.45, 2.75) is 43.6 Å². The van der Waals surface area contributed by atoms with Gasteiger partial charge in [0.2, 0.25) is 5.91 Å². The second-order valence-electron chi connectivity index (χ2n) is 8.97. The fraction of sp³-hybridized carbons (Fsp3) is 0.542. The van der Waals surface area contributed by atoms with E-state index in [1.807, 2.05) is 27.8 Å². The second kappa shape index (κ2) is 9.27. The summed E-state index contributed by atoms with van der Waals surface area (Å²) in [6, 6.07) is 8.17. The SMILES string of the molecule is CN1CCN(n2c3c(c(SCC(=O)N4CCCc5ccccc54)nc2=O)CCCC3)CC1. The fourth-order valence-corrected chi connectivity index (χ4v) is 6.03. The summed E-state index contributed by atoms with van der Waals surface area (Å²) in [5.74, 6) is 0.405. The van der Waals surface area contributed by atoms with Crippen LogP contribution in [0.4, 0.5) is 5.69 Å². The summed E-state index contributed by atoms with van der Waals surface area (Å²) in [5, 5.41) is 2.91. The summed E-state index contributed by atoms with van der Waals surface area (Å²) in [6.45, 7) is 4.33. The number of anilines is 1. The van der Waals surface area contributed by atoms with E-state index in [0.29, 0.717) is 5.75 Å². The number of para-hydroxylation sites is 1. The van der Waals surface area contributed by atoms with Crippen LogP contribution in [0.25, 0.3) is 0 Å². The quantitative estimate of drug-likeness (QED) is 0.522. The van der Waals surface area contributed by atoms with E-state index >= 15 is 0 Å². The first-order valence-corrected chi connectivity index (χ1v) is 12.7. The van der Waals surface area contributed by atoms with Crippen LogP contribution in [0.1, 0.15) is 36.1 Å². The summed E-state index contributed by atoms with van der Waals surface area (Å²) in [5.41, 5.74) is 4.35. The highest BCUT2D eigenvalue weighted by Crippen LogP contribution is 2.31. The number of likely N-dealkylation sites (N-methyl/N-ethyl adjacent to an activating group) is 1. The van der Waals surface area contributed by atoms with Gasteiger partial charge in [0, 0.05) is 44.0 Å². The Morgan fingerprint density at radius 2 is 1.78 bits per heavy atom. The zero-order valence-corrected chi connectivity index (χ0v) is 19.6. The fourth-order valence-electron chi connectivity index (χ4n) is 5.08. The van der Waals surface area contributed by atoms with Gasteiger partial charge in [0.1, 0.15) is 5.03 Å². The number of aromatic nitrogens is 2. The molecular weight excluding hydrogens is 422 g/mol. The van der Waals surface area contributed by atoms with Crippen LogP contribution in [-0.4, -0.2) is 66.0 Å². The Labute approximate surface area is 193 Å². The number of hydrogen-bond acceptors (Lipinski definition) is 6. The maximum atomic E-state index is 13.1. The molecule has 2 aliphatic heterocycles. The molecule has 1 aromatic heterocycles. The van der Waals surface area contributed by atoms with E-state index in [2.05, 4.69) is 28.0 Å². The van der Waals surface area contributed by atoms with E-state index in [0.717, 1.165) is 87.7 Å². The largest absolute Gasteiger partial charge is 0.367 e. The number of carbonyl (C=O) groups is 1. The summed E-state index contributed by atoms with van der Waals surface area (Å²) in [6.07, 6.45) is 6.04. The zero-order chi connectivity index (χ0) is 22.1. The number of carbonyl (C=O) groups excluding carboxylic acids is 1. The topological polar surface area (TPSA) is 61.7 Å². The van der Waals surface area contributed by atoms with Crippen LogP contribution >= 0.6 is 11.8 Å². The number of aryl methyl sites for hydroxylation is 1. The number of benzene rings is 1. The lowest BCUT2D eigenvalue weighted by atomic mass is 9.97. The van der Waals surface area contributed by atoms with Gasteiger partial charge >= 0.3 is 5.69 Å². The summed E-state index contributed by atoms with van der Waals surface area (Å²) in [7, 11) is 2.12. The maximum absolute atomic E-state index is 13.1. The molecule has 1 fully saturated rings. The first-order valence-electron chi connectivity index (χ1n) is 11.7. The standard InChI is InChI=1S/C24H31N5O2S/c1-26-13-15-27(16-14-26)29-21-11-5-3-9-19(21)23(25-24(29)31)32-17-22(30)28-12-6-8-18-7-2-4-10-20(18)28/h2,4,7,10H,3,5-6,8-9,11-17H2,1H3. The smallest absolute Gasteiger partial charge is 0.311 e. The molecule has 3 heterocycles. The molecule has 0 spiro atoms. The molecule has 1 saturated heterocycles. The Bertz CT molecular complexity index is 1060. The van der Waals surface area contributed by atoms with Gasteiger partial charge in [0.25, 0.3) is 0 Å². The van der Waals surface area contributed by atoms with Gasteiger partial charge in [-0.05, 0) is 57.2 Å². The van der Waals surface area contributed by atoms with Crippen molar-refractivity contribution in [1.82, 2.24) is 14.6 Å². The van der Waals surface area contributed by atoms with Crippen molar-refractivity contribution in [2.75, 3.05) is 55.4 Å². The third-order valence-corrected chi connectivity index (χ3v) is 7.84. The minimum atomic E-state index is -0.200. The Hall–Kier alpha value is -2.32. The first-order chi connectivity index (χ1) is 15.6. The number of hydrogen-bond donors (Lipinski definition) is 0. The number of amides is 1. The van der Waals surface area contributed by atoms with E-state index in [9.17, 15) is 9.59 Å². The normalized spacial score (nSPS) is 18.9. The van der Waals surface area contributed by atoms with Crippen LogP contribution in [0.2, 0.25) is 0 Å². The van der Waals surface area contributed by atoms with Crippen molar-refractivity contribution in [3.05, 3.63) is 51.6 Å². The molecule has 1 amide bonds. The van der Waals surface area contributed by atoms with E-state index in [1.165, 1.54) is 22.9 Å². The van der Waals surface area contributed by atoms with Gasteiger partial charge in [0.05, 0.1) is 11.4 Å². The highest BCUT2D eigenvalue weighted by Gasteiger charge is 2.27. The Morgan fingerprint density at radius 1 is 1.00 bits per heavy atom. The molecule has 1 aliphatic carbocycles. The van der Waals surface area contributed by atoms with E-state index in [4.69, 9.17) is 0 Å². The lowest BCUT2D eigenvalue weighted by molar-refractivity contribution is -0.116. The number of rotatable bonds is 4. The molecule has 0 saturated carbocycles. The predicted molar refractivity (Wildman–Crippen MR) is 128 cm³/mol. The van der Waals surface area contributed by atoms with Crippen LogP contribution in [0, 0.1) is 0 Å². The average molecular weight is 454 g/mol. The predicted octanol–water partition coefficient (Wildman–Crippen LogP) is 2.08. The van der Waals surface area contributed by atoms with Crippen molar-refractivity contribution >= 4 is 23.4 Å². The van der Waals surface area contributed by atoms with E-state index < -0.39 is 0 Å². The first kappa shape index (κ1) is 21.5. The van der Waals surface area contributed by atoms with Gasteiger partial charge < -0.3 is 14.8 Å². The molecule has 0 N–H and O–H groups in total. The molecule has 8 heteroatoms. The van der Waals surface area contributed by atoms with Gasteiger partial charge in [-0.3, -0.25) is 4.79 Å². The molecule has 7 nitrogen and oxygen atoms in total. The van der Waals surface area contributed by atoms with Crippen molar-refractivity contribution in [3.8, 4) is 0 Å². The molecule has 2 aromatic rings. The third kappa shape index (κ3) is 4.18. The maximum Gasteiger partial charge on any atom is 0.367 e. The van der Waals surface area contributed by atoms with E-state index in [-0.39, 0.29) is 11.6 Å². The lowest BCUT2D eigenvalue weighted by Gasteiger charge is -2.37. The van der Waals surface area contributed by atoms with Crippen molar-refractivity contribution in [2.24, 2.45) is 0 Å². The second-order valence-corrected chi connectivity index (χ2v) is 9.93. The number of fused-ring (bicyclic) bond motifs is 2. The summed E-state index contributed by atoms with van der Waals surface area (Å²) < 4.78 is 1.84. The van der Waals surface area contributed by atoms with Crippen LogP contribution < -0.4 is 15.6 Å². The van der Waals surface area contributed by atoms with Gasteiger partial charge in [0.15, 0.2) is 0 Å². The summed E-state index contributed by atoms with van der Waals surface area (Å²) >= 11 is 1.44. The molecule has 170 valence electrons. The van der Waals surface area contributed by atoms with Gasteiger partial charge in [-0.2, -0.15) is 4.98 Å². The number of nitrogens with zero attached hydrogens (tertiary/aromatic N) is 5. The third-order valence-electron chi connectivity index (χ3n) is 6.84. The van der Waals surface area contributed by atoms with Crippen LogP contribution in [0.15, 0.2) is 34.1 Å². The zero-order valence-electron chi connectivity index (χ0n) is 18.8. The number of thioether (sulfide) groups is 1. The Kier molecular flexibility index (Phi) is 6.24. The minimum Gasteiger partial charge on any atom is -0.311 e. The molecule has 32 heavy (non-hydrogen) atoms. The van der Waals surface area contributed by atoms with Gasteiger partial charge in [-0.1, -0.05) is 30.0 Å². The Balaban J connectivity index is 1.37. The highest BCUT2D eigenvalue weighted by atomic mass is 32.2. The average Bonchev–Trinajstić information content (AvgIpc) is 2.83. The molecule has 0 bridgehead atoms. The summed E-state index contributed by atoms with van der Waals surface area (Å²) in [4.78, 5) is 34.9. The lowest BCUT2D eigenvalue weighted by Crippen LogP contribution is -2.55. The Morgan fingerprint density at radius 3 is 2.62 bits per heavy atom. The molecule has 1 aromatic carbocycles. The molecular formula is C24H31N5O2S. The minimum absolute atomic E-state index is 0.0942. The van der Waals surface area contributed by atoms with E-state index in [1.54, 1.807) is 0 Å².